The van der Waals surface area contributed by atoms with Crippen LogP contribution < -0.4 is 21.3 Å². The lowest BCUT2D eigenvalue weighted by atomic mass is 9.97. The van der Waals surface area contributed by atoms with E-state index in [4.69, 9.17) is 0 Å². The van der Waals surface area contributed by atoms with Gasteiger partial charge in [0.05, 0.1) is 6.42 Å². The number of nitrogens with one attached hydrogen (secondary N) is 4. The standard InChI is InChI=1S/C23H34F2N4O4/c1-13(2)20(31)29-18(10-19(30)27-12-23(4,5)6)22(33)28-14(3)21(32)26-11-15-7-8-16(24)9-17(15)25/h7-9,13-14,18H,10-12H2,1-6H3,(H,26,32)(H,27,30)(H,28,33)(H,29,31)/t14-,18+/m1/s1. The predicted molar refractivity (Wildman–Crippen MR) is 120 cm³/mol. The molecule has 0 radical (unpaired) electrons. The average molecular weight is 469 g/mol. The molecule has 0 spiro atoms. The van der Waals surface area contributed by atoms with Gasteiger partial charge in [-0.2, -0.15) is 0 Å². The molecule has 1 rings (SSSR count). The van der Waals surface area contributed by atoms with Crippen LogP contribution in [0.5, 0.6) is 0 Å². The van der Waals surface area contributed by atoms with Gasteiger partial charge in [-0.25, -0.2) is 8.78 Å². The highest BCUT2D eigenvalue weighted by Gasteiger charge is 2.28. The van der Waals surface area contributed by atoms with Gasteiger partial charge in [-0.15, -0.1) is 0 Å². The molecule has 33 heavy (non-hydrogen) atoms. The zero-order chi connectivity index (χ0) is 25.3. The Morgan fingerprint density at radius 1 is 0.909 bits per heavy atom. The van der Waals surface area contributed by atoms with Crippen molar-refractivity contribution in [2.24, 2.45) is 11.3 Å². The second kappa shape index (κ2) is 12.3. The second-order valence-electron chi connectivity index (χ2n) is 9.44. The van der Waals surface area contributed by atoms with Crippen molar-refractivity contribution in [2.45, 2.75) is 66.6 Å². The fourth-order valence-electron chi connectivity index (χ4n) is 2.55. The first-order valence-electron chi connectivity index (χ1n) is 10.8. The molecule has 0 heterocycles. The van der Waals surface area contributed by atoms with E-state index in [-0.39, 0.29) is 23.9 Å². The van der Waals surface area contributed by atoms with Crippen LogP contribution in [0.3, 0.4) is 0 Å². The lowest BCUT2D eigenvalue weighted by Crippen LogP contribution is -2.54. The number of hydrogen-bond donors (Lipinski definition) is 4. The van der Waals surface area contributed by atoms with E-state index in [2.05, 4.69) is 21.3 Å². The average Bonchev–Trinajstić information content (AvgIpc) is 2.70. The topological polar surface area (TPSA) is 116 Å². The third kappa shape index (κ3) is 10.4. The Hall–Kier alpha value is -3.04. The van der Waals surface area contributed by atoms with Crippen LogP contribution in [0.2, 0.25) is 0 Å². The SMILES string of the molecule is CC(C)C(=O)N[C@@H](CC(=O)NCC(C)(C)C)C(=O)N[C@H](C)C(=O)NCc1ccc(F)cc1F. The molecule has 0 saturated heterocycles. The first-order chi connectivity index (χ1) is 15.2. The first kappa shape index (κ1) is 28.0. The van der Waals surface area contributed by atoms with Gasteiger partial charge in [0.1, 0.15) is 23.7 Å². The van der Waals surface area contributed by atoms with Crippen LogP contribution in [-0.4, -0.2) is 42.3 Å². The monoisotopic (exact) mass is 468 g/mol. The van der Waals surface area contributed by atoms with Crippen molar-refractivity contribution >= 4 is 23.6 Å². The molecule has 4 amide bonds. The summed E-state index contributed by atoms with van der Waals surface area (Å²) in [5, 5.41) is 10.2. The van der Waals surface area contributed by atoms with E-state index in [1.54, 1.807) is 13.8 Å². The van der Waals surface area contributed by atoms with Gasteiger partial charge < -0.3 is 21.3 Å². The summed E-state index contributed by atoms with van der Waals surface area (Å²) in [6.45, 7) is 10.7. The summed E-state index contributed by atoms with van der Waals surface area (Å²) in [6.07, 6.45) is -0.296. The summed E-state index contributed by atoms with van der Waals surface area (Å²) in [7, 11) is 0. The summed E-state index contributed by atoms with van der Waals surface area (Å²) in [5.74, 6) is -4.09. The lowest BCUT2D eigenvalue weighted by Gasteiger charge is -2.23. The van der Waals surface area contributed by atoms with Gasteiger partial charge in [0.25, 0.3) is 0 Å². The number of halogens is 2. The molecule has 0 bridgehead atoms. The fourth-order valence-corrected chi connectivity index (χ4v) is 2.55. The molecule has 2 atom stereocenters. The molecule has 0 saturated carbocycles. The van der Waals surface area contributed by atoms with E-state index in [9.17, 15) is 28.0 Å². The van der Waals surface area contributed by atoms with Crippen LogP contribution in [0.15, 0.2) is 18.2 Å². The van der Waals surface area contributed by atoms with Gasteiger partial charge >= 0.3 is 0 Å². The summed E-state index contributed by atoms with van der Waals surface area (Å²) >= 11 is 0. The van der Waals surface area contributed by atoms with Crippen LogP contribution >= 0.6 is 0 Å². The van der Waals surface area contributed by atoms with Crippen LogP contribution in [0, 0.1) is 23.0 Å². The highest BCUT2D eigenvalue weighted by molar-refractivity contribution is 5.95. The van der Waals surface area contributed by atoms with Crippen molar-refractivity contribution in [3.63, 3.8) is 0 Å². The van der Waals surface area contributed by atoms with Gasteiger partial charge in [-0.05, 0) is 18.4 Å². The number of carbonyl (C=O) groups excluding carboxylic acids is 4. The minimum Gasteiger partial charge on any atom is -0.355 e. The van der Waals surface area contributed by atoms with Crippen molar-refractivity contribution < 1.29 is 28.0 Å². The molecule has 1 aromatic rings. The Labute approximate surface area is 193 Å². The number of benzene rings is 1. The predicted octanol–water partition coefficient (Wildman–Crippen LogP) is 1.78. The smallest absolute Gasteiger partial charge is 0.243 e. The van der Waals surface area contributed by atoms with Crippen LogP contribution in [0.4, 0.5) is 8.78 Å². The molecular formula is C23H34F2N4O4. The Balaban J connectivity index is 2.75. The molecule has 10 heteroatoms. The van der Waals surface area contributed by atoms with Gasteiger partial charge in [0, 0.05) is 30.6 Å². The van der Waals surface area contributed by atoms with E-state index < -0.39 is 53.3 Å². The first-order valence-corrected chi connectivity index (χ1v) is 10.8. The number of amides is 4. The third-order valence-electron chi connectivity index (χ3n) is 4.58. The Bertz CT molecular complexity index is 869. The molecule has 0 unspecified atom stereocenters. The molecule has 1 aromatic carbocycles. The highest BCUT2D eigenvalue weighted by Crippen LogP contribution is 2.11. The van der Waals surface area contributed by atoms with E-state index in [0.717, 1.165) is 6.07 Å². The van der Waals surface area contributed by atoms with E-state index >= 15 is 0 Å². The molecule has 0 aliphatic rings. The van der Waals surface area contributed by atoms with E-state index in [1.807, 2.05) is 20.8 Å². The molecule has 0 aliphatic carbocycles. The van der Waals surface area contributed by atoms with Gasteiger partial charge in [0.2, 0.25) is 23.6 Å². The molecule has 0 aromatic heterocycles. The quantitative estimate of drug-likeness (QED) is 0.419. The van der Waals surface area contributed by atoms with Crippen molar-refractivity contribution in [1.29, 1.82) is 0 Å². The zero-order valence-corrected chi connectivity index (χ0v) is 20.0. The molecular weight excluding hydrogens is 434 g/mol. The molecule has 0 fully saturated rings. The summed E-state index contributed by atoms with van der Waals surface area (Å²) in [5.41, 5.74) is -0.0774. The van der Waals surface area contributed by atoms with Crippen molar-refractivity contribution in [2.75, 3.05) is 6.54 Å². The number of hydrogen-bond acceptors (Lipinski definition) is 4. The molecule has 184 valence electrons. The van der Waals surface area contributed by atoms with Crippen LogP contribution in [-0.2, 0) is 25.7 Å². The number of carbonyl (C=O) groups is 4. The Kier molecular flexibility index (Phi) is 10.4. The van der Waals surface area contributed by atoms with Crippen LogP contribution in [0.25, 0.3) is 0 Å². The number of rotatable bonds is 10. The van der Waals surface area contributed by atoms with Crippen LogP contribution in [0.1, 0.15) is 53.5 Å². The lowest BCUT2D eigenvalue weighted by molar-refractivity contribution is -0.134. The van der Waals surface area contributed by atoms with Gasteiger partial charge in [-0.3, -0.25) is 19.2 Å². The highest BCUT2D eigenvalue weighted by atomic mass is 19.1. The molecule has 0 aliphatic heterocycles. The fraction of sp³-hybridized carbons (Fsp3) is 0.565. The third-order valence-corrected chi connectivity index (χ3v) is 4.58. The minimum atomic E-state index is -1.18. The molecule has 4 N–H and O–H groups in total. The van der Waals surface area contributed by atoms with Crippen molar-refractivity contribution in [1.82, 2.24) is 21.3 Å². The van der Waals surface area contributed by atoms with Crippen molar-refractivity contribution in [3.8, 4) is 0 Å². The van der Waals surface area contributed by atoms with Gasteiger partial charge in [-0.1, -0.05) is 40.7 Å². The Morgan fingerprint density at radius 3 is 2.09 bits per heavy atom. The van der Waals surface area contributed by atoms with E-state index in [1.165, 1.54) is 13.0 Å². The van der Waals surface area contributed by atoms with Gasteiger partial charge in [0.15, 0.2) is 0 Å². The maximum Gasteiger partial charge on any atom is 0.243 e. The summed E-state index contributed by atoms with van der Waals surface area (Å²) in [6, 6.07) is 0.783. The van der Waals surface area contributed by atoms with E-state index in [0.29, 0.717) is 12.6 Å². The van der Waals surface area contributed by atoms with Crippen molar-refractivity contribution in [3.05, 3.63) is 35.4 Å². The molecule has 8 nitrogen and oxygen atoms in total. The minimum absolute atomic E-state index is 0.0841. The summed E-state index contributed by atoms with van der Waals surface area (Å²) in [4.78, 5) is 49.5. The maximum atomic E-state index is 13.7. The largest absolute Gasteiger partial charge is 0.355 e. The Morgan fingerprint density at radius 2 is 1.55 bits per heavy atom. The maximum absolute atomic E-state index is 13.7. The summed E-state index contributed by atoms with van der Waals surface area (Å²) < 4.78 is 26.7. The normalized spacial score (nSPS) is 13.1. The zero-order valence-electron chi connectivity index (χ0n) is 20.0. The second-order valence-corrected chi connectivity index (χ2v) is 9.44.